The molecule has 0 bridgehead atoms. The molecule has 0 saturated heterocycles. The van der Waals surface area contributed by atoms with Crippen LogP contribution in [0.1, 0.15) is 13.3 Å². The van der Waals surface area contributed by atoms with Gasteiger partial charge in [0.05, 0.1) is 18.8 Å². The van der Waals surface area contributed by atoms with Gasteiger partial charge in [-0.3, -0.25) is 9.59 Å². The first-order valence-electron chi connectivity index (χ1n) is 9.00. The number of fused-ring (bicyclic) bond motifs is 1. The summed E-state index contributed by atoms with van der Waals surface area (Å²) in [6.45, 7) is 2.62. The third-order valence-electron chi connectivity index (χ3n) is 4.20. The molecule has 1 atom stereocenters. The maximum absolute atomic E-state index is 13.6. The summed E-state index contributed by atoms with van der Waals surface area (Å²) in [4.78, 5) is 26.5. The van der Waals surface area contributed by atoms with Crippen molar-refractivity contribution in [2.45, 2.75) is 19.4 Å². The maximum Gasteiger partial charge on any atom is 0.262 e. The standard InChI is InChI=1S/C20H21ClFN3O3/c1-2-8-23-20(27)18-11-25(16-7-6-14(22)10-17(16)28-18)12-19(26)24-15-5-3-4-13(21)9-15/h3-7,9-10,18H,2,8,11-12H2,1H3,(H,23,27)(H,24,26). The highest BCUT2D eigenvalue weighted by atomic mass is 35.5. The Kier molecular flexibility index (Phi) is 6.36. The van der Waals surface area contributed by atoms with Gasteiger partial charge in [0.2, 0.25) is 5.91 Å². The van der Waals surface area contributed by atoms with E-state index in [1.54, 1.807) is 29.2 Å². The predicted octanol–water partition coefficient (Wildman–Crippen LogP) is 3.21. The van der Waals surface area contributed by atoms with Crippen LogP contribution in [0.3, 0.4) is 0 Å². The molecule has 2 aromatic rings. The van der Waals surface area contributed by atoms with E-state index in [1.807, 2.05) is 6.92 Å². The van der Waals surface area contributed by atoms with Gasteiger partial charge in [-0.1, -0.05) is 24.6 Å². The Morgan fingerprint density at radius 1 is 1.29 bits per heavy atom. The Bertz CT molecular complexity index is 878. The minimum Gasteiger partial charge on any atom is -0.476 e. The molecule has 28 heavy (non-hydrogen) atoms. The number of nitrogens with one attached hydrogen (secondary N) is 2. The number of benzene rings is 2. The highest BCUT2D eigenvalue weighted by Crippen LogP contribution is 2.34. The van der Waals surface area contributed by atoms with Gasteiger partial charge in [-0.2, -0.15) is 0 Å². The summed E-state index contributed by atoms with van der Waals surface area (Å²) in [5.41, 5.74) is 1.13. The van der Waals surface area contributed by atoms with Gasteiger partial charge < -0.3 is 20.3 Å². The third kappa shape index (κ3) is 4.92. The molecule has 2 aromatic carbocycles. The summed E-state index contributed by atoms with van der Waals surface area (Å²) in [7, 11) is 0. The Hall–Kier alpha value is -2.80. The number of ether oxygens (including phenoxy) is 1. The van der Waals surface area contributed by atoms with Crippen LogP contribution in [0.5, 0.6) is 5.75 Å². The SMILES string of the molecule is CCCNC(=O)C1CN(CC(=O)Nc2cccc(Cl)c2)c2ccc(F)cc2O1. The quantitative estimate of drug-likeness (QED) is 0.774. The molecule has 1 aliphatic rings. The summed E-state index contributed by atoms with van der Waals surface area (Å²) in [6.07, 6.45) is -0.0464. The first kappa shape index (κ1) is 19.9. The van der Waals surface area contributed by atoms with Crippen molar-refractivity contribution in [2.24, 2.45) is 0 Å². The minimum absolute atomic E-state index is 0.0218. The molecular formula is C20H21ClFN3O3. The van der Waals surface area contributed by atoms with Gasteiger partial charge in [0.25, 0.3) is 5.91 Å². The fraction of sp³-hybridized carbons (Fsp3) is 0.300. The van der Waals surface area contributed by atoms with Gasteiger partial charge in [-0.05, 0) is 36.8 Å². The molecule has 1 aliphatic heterocycles. The smallest absolute Gasteiger partial charge is 0.262 e. The van der Waals surface area contributed by atoms with Gasteiger partial charge in [-0.25, -0.2) is 4.39 Å². The summed E-state index contributed by atoms with van der Waals surface area (Å²) in [6, 6.07) is 10.9. The molecule has 0 aromatic heterocycles. The summed E-state index contributed by atoms with van der Waals surface area (Å²) in [5.74, 6) is -0.820. The fourth-order valence-electron chi connectivity index (χ4n) is 2.92. The summed E-state index contributed by atoms with van der Waals surface area (Å²) < 4.78 is 19.3. The Morgan fingerprint density at radius 3 is 2.86 bits per heavy atom. The van der Waals surface area contributed by atoms with Crippen LogP contribution in [0.4, 0.5) is 15.8 Å². The summed E-state index contributed by atoms with van der Waals surface area (Å²) in [5, 5.41) is 6.05. The molecule has 1 unspecified atom stereocenters. The second-order valence-corrected chi connectivity index (χ2v) is 6.89. The number of anilines is 2. The molecule has 148 valence electrons. The van der Waals surface area contributed by atoms with E-state index in [4.69, 9.17) is 16.3 Å². The van der Waals surface area contributed by atoms with E-state index in [2.05, 4.69) is 10.6 Å². The maximum atomic E-state index is 13.6. The largest absolute Gasteiger partial charge is 0.476 e. The van der Waals surface area contributed by atoms with Crippen LogP contribution in [0.2, 0.25) is 5.02 Å². The van der Waals surface area contributed by atoms with Crippen LogP contribution in [-0.4, -0.2) is 37.6 Å². The van der Waals surface area contributed by atoms with Crippen molar-refractivity contribution in [1.29, 1.82) is 0 Å². The third-order valence-corrected chi connectivity index (χ3v) is 4.44. The van der Waals surface area contributed by atoms with Crippen LogP contribution in [0, 0.1) is 5.82 Å². The highest BCUT2D eigenvalue weighted by Gasteiger charge is 2.31. The van der Waals surface area contributed by atoms with Crippen LogP contribution in [-0.2, 0) is 9.59 Å². The van der Waals surface area contributed by atoms with E-state index in [9.17, 15) is 14.0 Å². The Balaban J connectivity index is 1.76. The van der Waals surface area contributed by atoms with Crippen LogP contribution in [0.15, 0.2) is 42.5 Å². The highest BCUT2D eigenvalue weighted by molar-refractivity contribution is 6.30. The van der Waals surface area contributed by atoms with Gasteiger partial charge >= 0.3 is 0 Å². The molecule has 2 N–H and O–H groups in total. The average Bonchev–Trinajstić information content (AvgIpc) is 2.65. The zero-order valence-corrected chi connectivity index (χ0v) is 16.1. The lowest BCUT2D eigenvalue weighted by molar-refractivity contribution is -0.128. The molecule has 0 saturated carbocycles. The number of carbonyl (C=O) groups is 2. The monoisotopic (exact) mass is 405 g/mol. The zero-order valence-electron chi connectivity index (χ0n) is 15.4. The minimum atomic E-state index is -0.834. The van der Waals surface area contributed by atoms with E-state index in [0.717, 1.165) is 6.42 Å². The first-order valence-corrected chi connectivity index (χ1v) is 9.38. The predicted molar refractivity (Wildman–Crippen MR) is 106 cm³/mol. The molecule has 0 spiro atoms. The van der Waals surface area contributed by atoms with E-state index in [0.29, 0.717) is 22.9 Å². The van der Waals surface area contributed by atoms with Gasteiger partial charge in [-0.15, -0.1) is 0 Å². The number of hydrogen-bond donors (Lipinski definition) is 2. The molecule has 1 heterocycles. The van der Waals surface area contributed by atoms with Crippen molar-refractivity contribution in [3.05, 3.63) is 53.3 Å². The molecular weight excluding hydrogens is 385 g/mol. The molecule has 8 heteroatoms. The van der Waals surface area contributed by atoms with Gasteiger partial charge in [0.15, 0.2) is 6.10 Å². The van der Waals surface area contributed by atoms with E-state index in [-0.39, 0.29) is 30.7 Å². The topological polar surface area (TPSA) is 70.7 Å². The number of amides is 2. The number of rotatable bonds is 6. The molecule has 0 fully saturated rings. The van der Waals surface area contributed by atoms with E-state index >= 15 is 0 Å². The van der Waals surface area contributed by atoms with Crippen LogP contribution in [0.25, 0.3) is 0 Å². The normalized spacial score (nSPS) is 15.4. The van der Waals surface area contributed by atoms with Gasteiger partial charge in [0.1, 0.15) is 11.6 Å². The van der Waals surface area contributed by atoms with E-state index in [1.165, 1.54) is 18.2 Å². The summed E-state index contributed by atoms with van der Waals surface area (Å²) >= 11 is 5.94. The Morgan fingerprint density at radius 2 is 2.11 bits per heavy atom. The molecule has 3 rings (SSSR count). The molecule has 0 aliphatic carbocycles. The molecule has 6 nitrogen and oxygen atoms in total. The average molecular weight is 406 g/mol. The zero-order chi connectivity index (χ0) is 20.1. The number of halogens is 2. The van der Waals surface area contributed by atoms with Crippen molar-refractivity contribution in [3.8, 4) is 5.75 Å². The van der Waals surface area contributed by atoms with Gasteiger partial charge in [0, 0.05) is 23.3 Å². The fourth-order valence-corrected chi connectivity index (χ4v) is 3.11. The second-order valence-electron chi connectivity index (χ2n) is 6.45. The number of hydrogen-bond acceptors (Lipinski definition) is 4. The van der Waals surface area contributed by atoms with Crippen molar-refractivity contribution in [2.75, 3.05) is 29.9 Å². The van der Waals surface area contributed by atoms with Crippen molar-refractivity contribution in [3.63, 3.8) is 0 Å². The Labute approximate surface area is 167 Å². The molecule has 0 radical (unpaired) electrons. The van der Waals surface area contributed by atoms with Crippen molar-refractivity contribution in [1.82, 2.24) is 5.32 Å². The molecule has 2 amide bonds. The lowest BCUT2D eigenvalue weighted by Crippen LogP contribution is -2.50. The van der Waals surface area contributed by atoms with Crippen LogP contribution >= 0.6 is 11.6 Å². The van der Waals surface area contributed by atoms with Crippen molar-refractivity contribution >= 4 is 34.8 Å². The van der Waals surface area contributed by atoms with Crippen molar-refractivity contribution < 1.29 is 18.7 Å². The number of nitrogens with zero attached hydrogens (tertiary/aromatic N) is 1. The lowest BCUT2D eigenvalue weighted by Gasteiger charge is -2.35. The second kappa shape index (κ2) is 8.93. The van der Waals surface area contributed by atoms with Crippen LogP contribution < -0.4 is 20.3 Å². The first-order chi connectivity index (χ1) is 13.5. The van der Waals surface area contributed by atoms with E-state index < -0.39 is 11.9 Å². The lowest BCUT2D eigenvalue weighted by atomic mass is 10.1. The number of carbonyl (C=O) groups excluding carboxylic acids is 2.